The zero-order valence-electron chi connectivity index (χ0n) is 12.7. The summed E-state index contributed by atoms with van der Waals surface area (Å²) in [6.07, 6.45) is 1.68. The Labute approximate surface area is 137 Å². The molecule has 116 valence electrons. The molecule has 0 amide bonds. The topological polar surface area (TPSA) is 93.8 Å². The normalized spacial score (nSPS) is 10.5. The van der Waals surface area contributed by atoms with Crippen molar-refractivity contribution >= 4 is 33.9 Å². The van der Waals surface area contributed by atoms with Crippen LogP contribution in [0.1, 0.15) is 23.0 Å². The summed E-state index contributed by atoms with van der Waals surface area (Å²) in [5, 5.41) is 3.63. The van der Waals surface area contributed by atoms with Crippen molar-refractivity contribution in [1.82, 2.24) is 15.0 Å². The summed E-state index contributed by atoms with van der Waals surface area (Å²) in [7, 11) is 0. The second kappa shape index (κ2) is 6.13. The number of benzene rings is 1. The maximum absolute atomic E-state index is 11.5. The van der Waals surface area contributed by atoms with E-state index in [9.17, 15) is 4.79 Å². The summed E-state index contributed by atoms with van der Waals surface area (Å²) in [6, 6.07) is 9.04. The molecule has 0 aliphatic carbocycles. The minimum Gasteiger partial charge on any atom is -0.375 e. The van der Waals surface area contributed by atoms with Crippen LogP contribution >= 0.6 is 11.3 Å². The van der Waals surface area contributed by atoms with Crippen LogP contribution in [0, 0.1) is 6.92 Å². The molecule has 6 nitrogen and oxygen atoms in total. The Morgan fingerprint density at radius 3 is 2.78 bits per heavy atom. The number of Topliss-reactive ketones (excluding diaryl/α,β-unsaturated/α-hetero) is 1. The molecule has 0 saturated heterocycles. The van der Waals surface area contributed by atoms with Gasteiger partial charge in [0, 0.05) is 17.4 Å². The molecule has 2 heterocycles. The van der Waals surface area contributed by atoms with E-state index in [-0.39, 0.29) is 5.78 Å². The van der Waals surface area contributed by atoms with E-state index in [1.165, 1.54) is 18.3 Å². The van der Waals surface area contributed by atoms with Crippen molar-refractivity contribution in [2.24, 2.45) is 0 Å². The first-order chi connectivity index (χ1) is 11.0. The average molecular weight is 325 g/mol. The molecule has 3 aromatic rings. The molecule has 7 heteroatoms. The van der Waals surface area contributed by atoms with E-state index in [1.54, 1.807) is 18.3 Å². The van der Waals surface area contributed by atoms with Crippen molar-refractivity contribution in [2.45, 2.75) is 13.8 Å². The summed E-state index contributed by atoms with van der Waals surface area (Å²) >= 11 is 1.39. The quantitative estimate of drug-likeness (QED) is 0.714. The van der Waals surface area contributed by atoms with Gasteiger partial charge in [0.15, 0.2) is 10.9 Å². The number of thiazole rings is 1. The Balaban J connectivity index is 1.90. The summed E-state index contributed by atoms with van der Waals surface area (Å²) in [5.41, 5.74) is 8.74. The molecular formula is C16H15N5OS. The Hall–Kier alpha value is -2.80. The smallest absolute Gasteiger partial charge is 0.227 e. The first-order valence-corrected chi connectivity index (χ1v) is 7.79. The molecule has 0 fully saturated rings. The highest BCUT2D eigenvalue weighted by Crippen LogP contribution is 2.30. The molecular weight excluding hydrogens is 310 g/mol. The van der Waals surface area contributed by atoms with Gasteiger partial charge in [0.1, 0.15) is 0 Å². The molecule has 0 atom stereocenters. The van der Waals surface area contributed by atoms with Gasteiger partial charge in [-0.2, -0.15) is 0 Å². The summed E-state index contributed by atoms with van der Waals surface area (Å²) in [4.78, 5) is 25.3. The van der Waals surface area contributed by atoms with Gasteiger partial charge in [0.2, 0.25) is 5.95 Å². The van der Waals surface area contributed by atoms with Crippen molar-refractivity contribution in [2.75, 3.05) is 11.1 Å². The lowest BCUT2D eigenvalue weighted by Crippen LogP contribution is -1.99. The molecule has 0 aliphatic rings. The van der Waals surface area contributed by atoms with Gasteiger partial charge < -0.3 is 11.1 Å². The molecule has 0 saturated carbocycles. The third kappa shape index (κ3) is 3.35. The predicted molar refractivity (Wildman–Crippen MR) is 92.0 cm³/mol. The van der Waals surface area contributed by atoms with Crippen molar-refractivity contribution < 1.29 is 4.79 Å². The summed E-state index contributed by atoms with van der Waals surface area (Å²) in [6.45, 7) is 3.43. The highest BCUT2D eigenvalue weighted by molar-refractivity contribution is 7.18. The standard InChI is InChI=1S/C16H15N5OS/c1-9-14(23-15(17)19-9)13-6-7-18-16(21-13)20-12-5-3-4-11(8-12)10(2)22/h3-8H,1-2H3,(H2,17,19)(H,18,20,21). The van der Waals surface area contributed by atoms with Gasteiger partial charge in [-0.25, -0.2) is 15.0 Å². The highest BCUT2D eigenvalue weighted by atomic mass is 32.1. The van der Waals surface area contributed by atoms with E-state index < -0.39 is 0 Å². The number of ketones is 1. The number of nitrogens with one attached hydrogen (secondary N) is 1. The minimum absolute atomic E-state index is 0.0130. The van der Waals surface area contributed by atoms with Gasteiger partial charge in [-0.3, -0.25) is 4.79 Å². The molecule has 2 aromatic heterocycles. The third-order valence-corrected chi connectivity index (χ3v) is 4.24. The van der Waals surface area contributed by atoms with Crippen LogP contribution in [-0.4, -0.2) is 20.7 Å². The number of hydrogen-bond acceptors (Lipinski definition) is 7. The number of nitrogen functional groups attached to an aromatic ring is 1. The molecule has 3 N–H and O–H groups in total. The molecule has 0 unspecified atom stereocenters. The number of rotatable bonds is 4. The van der Waals surface area contributed by atoms with Crippen LogP contribution in [-0.2, 0) is 0 Å². The van der Waals surface area contributed by atoms with Crippen LogP contribution in [0.3, 0.4) is 0 Å². The lowest BCUT2D eigenvalue weighted by Gasteiger charge is -2.07. The number of nitrogens with two attached hydrogens (primary N) is 1. The Kier molecular flexibility index (Phi) is 4.03. The van der Waals surface area contributed by atoms with Crippen LogP contribution in [0.15, 0.2) is 36.5 Å². The zero-order chi connectivity index (χ0) is 16.4. The van der Waals surface area contributed by atoms with Crippen molar-refractivity contribution in [3.05, 3.63) is 47.8 Å². The number of anilines is 3. The lowest BCUT2D eigenvalue weighted by molar-refractivity contribution is 0.101. The monoisotopic (exact) mass is 325 g/mol. The summed E-state index contributed by atoms with van der Waals surface area (Å²) in [5.74, 6) is 0.466. The molecule has 23 heavy (non-hydrogen) atoms. The fraction of sp³-hybridized carbons (Fsp3) is 0.125. The fourth-order valence-electron chi connectivity index (χ4n) is 2.15. The van der Waals surface area contributed by atoms with E-state index in [4.69, 9.17) is 5.73 Å². The van der Waals surface area contributed by atoms with Gasteiger partial charge in [-0.05, 0) is 32.0 Å². The number of aryl methyl sites for hydroxylation is 1. The number of carbonyl (C=O) groups excluding carboxylic acids is 1. The van der Waals surface area contributed by atoms with Gasteiger partial charge in [0.05, 0.1) is 16.3 Å². The molecule has 0 aliphatic heterocycles. The van der Waals surface area contributed by atoms with Crippen LogP contribution in [0.25, 0.3) is 10.6 Å². The second-order valence-electron chi connectivity index (χ2n) is 4.99. The second-order valence-corrected chi connectivity index (χ2v) is 6.02. The van der Waals surface area contributed by atoms with E-state index in [1.807, 2.05) is 25.1 Å². The maximum Gasteiger partial charge on any atom is 0.227 e. The Morgan fingerprint density at radius 2 is 2.09 bits per heavy atom. The van der Waals surface area contributed by atoms with E-state index >= 15 is 0 Å². The number of hydrogen-bond donors (Lipinski definition) is 2. The molecule has 0 spiro atoms. The molecule has 3 rings (SSSR count). The lowest BCUT2D eigenvalue weighted by atomic mass is 10.1. The SMILES string of the molecule is CC(=O)c1cccc(Nc2nccc(-c3sc(N)nc3C)n2)c1. The Bertz CT molecular complexity index is 874. The van der Waals surface area contributed by atoms with Crippen molar-refractivity contribution in [3.8, 4) is 10.6 Å². The van der Waals surface area contributed by atoms with E-state index in [0.29, 0.717) is 16.6 Å². The minimum atomic E-state index is 0.0130. The third-order valence-electron chi connectivity index (χ3n) is 3.23. The first kappa shape index (κ1) is 15.1. The Morgan fingerprint density at radius 1 is 1.26 bits per heavy atom. The van der Waals surface area contributed by atoms with Crippen LogP contribution in [0.4, 0.5) is 16.8 Å². The molecule has 1 aromatic carbocycles. The van der Waals surface area contributed by atoms with Gasteiger partial charge in [-0.1, -0.05) is 23.5 Å². The fourth-order valence-corrected chi connectivity index (χ4v) is 2.95. The molecule has 0 bridgehead atoms. The van der Waals surface area contributed by atoms with E-state index in [0.717, 1.165) is 22.0 Å². The van der Waals surface area contributed by atoms with Gasteiger partial charge in [-0.15, -0.1) is 0 Å². The van der Waals surface area contributed by atoms with Gasteiger partial charge in [0.25, 0.3) is 0 Å². The largest absolute Gasteiger partial charge is 0.375 e. The summed E-state index contributed by atoms with van der Waals surface area (Å²) < 4.78 is 0. The number of carbonyl (C=O) groups is 1. The predicted octanol–water partition coefficient (Wildman–Crippen LogP) is 3.44. The maximum atomic E-state index is 11.5. The van der Waals surface area contributed by atoms with Crippen molar-refractivity contribution in [3.63, 3.8) is 0 Å². The number of aromatic nitrogens is 3. The average Bonchev–Trinajstić information content (AvgIpc) is 2.86. The molecule has 0 radical (unpaired) electrons. The van der Waals surface area contributed by atoms with Crippen LogP contribution in [0.2, 0.25) is 0 Å². The number of nitrogens with zero attached hydrogens (tertiary/aromatic N) is 3. The van der Waals surface area contributed by atoms with Crippen LogP contribution in [0.5, 0.6) is 0 Å². The van der Waals surface area contributed by atoms with Crippen molar-refractivity contribution in [1.29, 1.82) is 0 Å². The van der Waals surface area contributed by atoms with Gasteiger partial charge >= 0.3 is 0 Å². The van der Waals surface area contributed by atoms with E-state index in [2.05, 4.69) is 20.3 Å². The first-order valence-electron chi connectivity index (χ1n) is 6.97. The van der Waals surface area contributed by atoms with Crippen LogP contribution < -0.4 is 11.1 Å². The zero-order valence-corrected chi connectivity index (χ0v) is 13.5. The highest BCUT2D eigenvalue weighted by Gasteiger charge is 2.10.